The van der Waals surface area contributed by atoms with E-state index in [1.54, 1.807) is 0 Å². The van der Waals surface area contributed by atoms with Crippen LogP contribution in [0.3, 0.4) is 0 Å². The first-order chi connectivity index (χ1) is 50.3. The number of ether oxygens (including phenoxy) is 4. The highest BCUT2D eigenvalue weighted by atomic mass is 31.2. The zero-order chi connectivity index (χ0) is 76.5. The van der Waals surface area contributed by atoms with Crippen LogP contribution in [0.25, 0.3) is 0 Å². The van der Waals surface area contributed by atoms with E-state index in [4.69, 9.17) is 37.0 Å². The molecule has 19 heteroatoms. The van der Waals surface area contributed by atoms with E-state index < -0.39 is 97.5 Å². The Bertz CT molecular complexity index is 2110. The molecule has 0 amide bonds. The monoisotopic (exact) mass is 1520 g/mol. The first-order valence-electron chi connectivity index (χ1n) is 43.2. The number of phosphoric ester groups is 2. The Kier molecular flexibility index (Phi) is 72.9. The van der Waals surface area contributed by atoms with Crippen LogP contribution in [0.1, 0.15) is 421 Å². The predicted octanol–water partition coefficient (Wildman–Crippen LogP) is 25.3. The van der Waals surface area contributed by atoms with Crippen molar-refractivity contribution in [2.24, 2.45) is 17.8 Å². The van der Waals surface area contributed by atoms with Gasteiger partial charge in [-0.15, -0.1) is 0 Å². The molecule has 0 aromatic carbocycles. The molecule has 3 N–H and O–H groups in total. The van der Waals surface area contributed by atoms with Gasteiger partial charge in [-0.25, -0.2) is 9.13 Å². The molecule has 104 heavy (non-hydrogen) atoms. The lowest BCUT2D eigenvalue weighted by molar-refractivity contribution is -0.161. The molecule has 0 aromatic rings. The highest BCUT2D eigenvalue weighted by molar-refractivity contribution is 7.47. The van der Waals surface area contributed by atoms with Gasteiger partial charge >= 0.3 is 39.5 Å². The molecule has 0 aliphatic rings. The van der Waals surface area contributed by atoms with Crippen LogP contribution in [-0.4, -0.2) is 96.7 Å². The van der Waals surface area contributed by atoms with E-state index in [0.717, 1.165) is 127 Å². The summed E-state index contributed by atoms with van der Waals surface area (Å²) in [6, 6.07) is 0. The summed E-state index contributed by atoms with van der Waals surface area (Å²) in [5.74, 6) is 0.256. The maximum Gasteiger partial charge on any atom is 0.472 e. The zero-order valence-electron chi connectivity index (χ0n) is 68.0. The minimum absolute atomic E-state index is 0.0841. The van der Waals surface area contributed by atoms with Crippen LogP contribution in [0.4, 0.5) is 0 Å². The van der Waals surface area contributed by atoms with E-state index in [0.29, 0.717) is 25.7 Å². The van der Waals surface area contributed by atoms with Crippen molar-refractivity contribution in [1.82, 2.24) is 0 Å². The van der Waals surface area contributed by atoms with Gasteiger partial charge in [0.25, 0.3) is 0 Å². The fraction of sp³-hybridized carbons (Fsp3) is 0.906. The van der Waals surface area contributed by atoms with Gasteiger partial charge in [-0.1, -0.05) is 368 Å². The van der Waals surface area contributed by atoms with E-state index in [-0.39, 0.29) is 25.7 Å². The van der Waals surface area contributed by atoms with Crippen LogP contribution in [-0.2, 0) is 65.4 Å². The average molecular weight is 1520 g/mol. The van der Waals surface area contributed by atoms with E-state index in [9.17, 15) is 43.2 Å². The second-order valence-electron chi connectivity index (χ2n) is 30.8. The first-order valence-corrected chi connectivity index (χ1v) is 46.2. The highest BCUT2D eigenvalue weighted by Crippen LogP contribution is 2.45. The highest BCUT2D eigenvalue weighted by Gasteiger charge is 2.30. The van der Waals surface area contributed by atoms with Gasteiger partial charge in [0.1, 0.15) is 19.3 Å². The van der Waals surface area contributed by atoms with Gasteiger partial charge in [0.2, 0.25) is 0 Å². The van der Waals surface area contributed by atoms with Gasteiger partial charge in [0, 0.05) is 25.7 Å². The fourth-order valence-electron chi connectivity index (χ4n) is 12.6. The standard InChI is InChI=1S/C85H162O17P2/c1-8-11-12-13-14-15-16-17-22-30-35-40-45-54-61-69-85(90)102-81(73-96-83(88)67-60-53-48-47-51-58-65-78(7)10-3)75-100-104(93,94)98-71-79(86)70-97-103(91,92)99-74-80(101-84(89)68-62-55-46-41-36-31-26-25-28-33-38-43-50-57-64-77(6)9-2)72-95-82(87)66-59-52-44-39-34-29-24-21-19-18-20-23-27-32-37-42-49-56-63-76(4)5/h15-17,22,76-81,86H,8-14,18-21,23-75H2,1-7H3,(H,91,92)(H,93,94)/b16-15-,22-17-/t77?,78?,79-,80-,81-/m1/s1. The summed E-state index contributed by atoms with van der Waals surface area (Å²) in [4.78, 5) is 73.1. The summed E-state index contributed by atoms with van der Waals surface area (Å²) >= 11 is 0. The minimum Gasteiger partial charge on any atom is -0.462 e. The Morgan fingerprint density at radius 1 is 0.317 bits per heavy atom. The van der Waals surface area contributed by atoms with Crippen molar-refractivity contribution < 1.29 is 80.2 Å². The molecular formula is C85H162O17P2. The van der Waals surface area contributed by atoms with Crippen LogP contribution in [0.5, 0.6) is 0 Å². The van der Waals surface area contributed by atoms with Crippen LogP contribution >= 0.6 is 15.6 Å². The molecule has 614 valence electrons. The number of unbranched alkanes of at least 4 members (excludes halogenated alkanes) is 44. The average Bonchev–Trinajstić information content (AvgIpc) is 0.907. The Balaban J connectivity index is 5.26. The molecule has 0 saturated heterocycles. The molecule has 0 fully saturated rings. The molecule has 0 spiro atoms. The van der Waals surface area contributed by atoms with Crippen molar-refractivity contribution in [3.05, 3.63) is 24.3 Å². The molecule has 0 rings (SSSR count). The molecule has 4 unspecified atom stereocenters. The third-order valence-electron chi connectivity index (χ3n) is 20.0. The van der Waals surface area contributed by atoms with Crippen molar-refractivity contribution in [2.45, 2.75) is 439 Å². The van der Waals surface area contributed by atoms with Gasteiger partial charge in [-0.2, -0.15) is 0 Å². The molecule has 7 atom stereocenters. The van der Waals surface area contributed by atoms with Crippen LogP contribution in [0.2, 0.25) is 0 Å². The molecule has 0 saturated carbocycles. The van der Waals surface area contributed by atoms with Gasteiger partial charge in [0.05, 0.1) is 26.4 Å². The van der Waals surface area contributed by atoms with Gasteiger partial charge in [0.15, 0.2) is 12.2 Å². The molecule has 17 nitrogen and oxygen atoms in total. The number of aliphatic hydroxyl groups is 1. The molecule has 0 aromatic heterocycles. The lowest BCUT2D eigenvalue weighted by Gasteiger charge is -2.21. The molecule has 0 heterocycles. The third kappa shape index (κ3) is 75.0. The predicted molar refractivity (Wildman–Crippen MR) is 427 cm³/mol. The number of allylic oxidation sites excluding steroid dienone is 4. The molecule has 0 radical (unpaired) electrons. The summed E-state index contributed by atoms with van der Waals surface area (Å²) in [6.07, 6.45) is 67.5. The van der Waals surface area contributed by atoms with Crippen molar-refractivity contribution >= 4 is 39.5 Å². The molecule has 0 aliphatic heterocycles. The Hall–Kier alpha value is -2.46. The van der Waals surface area contributed by atoms with Gasteiger partial charge in [-0.3, -0.25) is 37.3 Å². The maximum absolute atomic E-state index is 13.1. The number of aliphatic hydroxyl groups excluding tert-OH is 1. The minimum atomic E-state index is -4.97. The maximum atomic E-state index is 13.1. The number of carbonyl (C=O) groups is 4. The smallest absolute Gasteiger partial charge is 0.462 e. The van der Waals surface area contributed by atoms with E-state index >= 15 is 0 Å². The fourth-order valence-corrected chi connectivity index (χ4v) is 14.2. The number of esters is 4. The normalized spacial score (nSPS) is 14.6. The summed E-state index contributed by atoms with van der Waals surface area (Å²) in [5, 5.41) is 10.7. The lowest BCUT2D eigenvalue weighted by atomic mass is 9.99. The molecular weight excluding hydrogens is 1350 g/mol. The second kappa shape index (κ2) is 74.6. The van der Waals surface area contributed by atoms with Crippen LogP contribution in [0.15, 0.2) is 24.3 Å². The van der Waals surface area contributed by atoms with Crippen molar-refractivity contribution in [3.8, 4) is 0 Å². The van der Waals surface area contributed by atoms with E-state index in [1.807, 2.05) is 0 Å². The SMILES string of the molecule is CCCCCC/C=C\C=C/CCCCCCCC(=O)O[C@H](COC(=O)CCCCCCCCC(C)CC)COP(=O)(O)OC[C@H](O)COP(=O)(O)OC[C@@H](COC(=O)CCCCCCCCCCCCCCCCCCCCC(C)C)OC(=O)CCCCCCCCCCCCCCCCC(C)CC. The largest absolute Gasteiger partial charge is 0.472 e. The topological polar surface area (TPSA) is 237 Å². The van der Waals surface area contributed by atoms with Gasteiger partial charge in [-0.05, 0) is 69.1 Å². The van der Waals surface area contributed by atoms with E-state index in [2.05, 4.69) is 72.8 Å². The Morgan fingerprint density at radius 3 is 0.856 bits per heavy atom. The Labute approximate surface area is 637 Å². The zero-order valence-corrected chi connectivity index (χ0v) is 69.8. The first kappa shape index (κ1) is 102. The molecule has 0 aliphatic carbocycles. The van der Waals surface area contributed by atoms with Crippen molar-refractivity contribution in [1.29, 1.82) is 0 Å². The number of phosphoric acid groups is 2. The molecule has 0 bridgehead atoms. The summed E-state index contributed by atoms with van der Waals surface area (Å²) in [5.41, 5.74) is 0. The summed E-state index contributed by atoms with van der Waals surface area (Å²) in [6.45, 7) is 11.9. The summed E-state index contributed by atoms with van der Waals surface area (Å²) in [7, 11) is -9.94. The Morgan fingerprint density at radius 2 is 0.567 bits per heavy atom. The van der Waals surface area contributed by atoms with Crippen molar-refractivity contribution in [3.63, 3.8) is 0 Å². The quantitative estimate of drug-likeness (QED) is 0.0169. The van der Waals surface area contributed by atoms with Crippen LogP contribution in [0, 0.1) is 17.8 Å². The second-order valence-corrected chi connectivity index (χ2v) is 33.8. The summed E-state index contributed by atoms with van der Waals surface area (Å²) < 4.78 is 68.8. The number of hydrogen-bond acceptors (Lipinski definition) is 15. The van der Waals surface area contributed by atoms with Gasteiger partial charge < -0.3 is 33.8 Å². The lowest BCUT2D eigenvalue weighted by Crippen LogP contribution is -2.30. The number of rotatable bonds is 81. The van der Waals surface area contributed by atoms with Crippen molar-refractivity contribution in [2.75, 3.05) is 39.6 Å². The van der Waals surface area contributed by atoms with E-state index in [1.165, 1.54) is 212 Å². The van der Waals surface area contributed by atoms with Crippen LogP contribution < -0.4 is 0 Å². The number of hydrogen-bond donors (Lipinski definition) is 3. The number of carbonyl (C=O) groups excluding carboxylic acids is 4. The third-order valence-corrected chi connectivity index (χ3v) is 21.9.